The van der Waals surface area contributed by atoms with Crippen molar-refractivity contribution in [1.82, 2.24) is 15.1 Å². The summed E-state index contributed by atoms with van der Waals surface area (Å²) < 4.78 is 1.89. The van der Waals surface area contributed by atoms with E-state index in [4.69, 9.17) is 5.26 Å². The molecule has 2 aromatic rings. The van der Waals surface area contributed by atoms with Crippen molar-refractivity contribution in [3.05, 3.63) is 52.8 Å². The van der Waals surface area contributed by atoms with Gasteiger partial charge >= 0.3 is 0 Å². The van der Waals surface area contributed by atoms with Crippen LogP contribution < -0.4 is 5.32 Å². The maximum atomic E-state index is 12.9. The van der Waals surface area contributed by atoms with Gasteiger partial charge in [-0.3, -0.25) is 9.48 Å². The summed E-state index contributed by atoms with van der Waals surface area (Å²) in [5.41, 5.74) is 4.37. The van der Waals surface area contributed by atoms with Crippen molar-refractivity contribution in [1.29, 1.82) is 5.26 Å². The number of aromatic nitrogens is 2. The van der Waals surface area contributed by atoms with Gasteiger partial charge in [0.2, 0.25) is 5.91 Å². The van der Waals surface area contributed by atoms with E-state index in [9.17, 15) is 4.79 Å². The molecule has 1 heterocycles. The molecule has 5 heteroatoms. The average Bonchev–Trinajstić information content (AvgIpc) is 3.02. The smallest absolute Gasteiger partial charge is 0.220 e. The molecule has 1 fully saturated rings. The first kappa shape index (κ1) is 21.1. The van der Waals surface area contributed by atoms with Gasteiger partial charge in [-0.05, 0) is 50.2 Å². The van der Waals surface area contributed by atoms with Crippen molar-refractivity contribution in [2.45, 2.75) is 77.8 Å². The standard InChI is InChI=1S/C24H32N4O/c1-18-22(19(2)28(27-18)17-9-16-25)14-15-23(29)26-24(20-10-5-3-6-11-20)21-12-7-4-8-13-21/h3,5-6,10-11,21,24H,4,7-9,12-15,17H2,1-2H3,(H,26,29). The van der Waals surface area contributed by atoms with E-state index in [1.54, 1.807) is 0 Å². The molecule has 1 aromatic heterocycles. The second-order valence-electron chi connectivity index (χ2n) is 8.13. The summed E-state index contributed by atoms with van der Waals surface area (Å²) in [4.78, 5) is 12.9. The zero-order valence-electron chi connectivity index (χ0n) is 17.7. The van der Waals surface area contributed by atoms with E-state index in [2.05, 4.69) is 40.8 Å². The lowest BCUT2D eigenvalue weighted by Gasteiger charge is -2.31. The van der Waals surface area contributed by atoms with Crippen LogP contribution in [0.2, 0.25) is 0 Å². The van der Waals surface area contributed by atoms with Crippen molar-refractivity contribution in [2.24, 2.45) is 5.92 Å². The number of aryl methyl sites for hydroxylation is 2. The molecule has 1 unspecified atom stereocenters. The Morgan fingerprint density at radius 1 is 1.24 bits per heavy atom. The number of hydrogen-bond acceptors (Lipinski definition) is 3. The molecule has 1 amide bonds. The number of hydrogen-bond donors (Lipinski definition) is 1. The molecule has 0 radical (unpaired) electrons. The lowest BCUT2D eigenvalue weighted by atomic mass is 9.81. The Bertz CT molecular complexity index is 844. The predicted molar refractivity (Wildman–Crippen MR) is 114 cm³/mol. The molecule has 1 aliphatic carbocycles. The lowest BCUT2D eigenvalue weighted by Crippen LogP contribution is -2.34. The lowest BCUT2D eigenvalue weighted by molar-refractivity contribution is -0.122. The number of nitrogens with zero attached hydrogens (tertiary/aromatic N) is 3. The SMILES string of the molecule is Cc1nn(CCC#N)c(C)c1CCC(=O)NC(c1ccccc1)C1CCCCC1. The normalized spacial score (nSPS) is 15.6. The number of carbonyl (C=O) groups is 1. The van der Waals surface area contributed by atoms with E-state index in [-0.39, 0.29) is 11.9 Å². The molecule has 5 nitrogen and oxygen atoms in total. The summed E-state index contributed by atoms with van der Waals surface area (Å²) in [6, 6.07) is 12.7. The van der Waals surface area contributed by atoms with Gasteiger partial charge in [-0.2, -0.15) is 10.4 Å². The van der Waals surface area contributed by atoms with Gasteiger partial charge in [-0.1, -0.05) is 49.6 Å². The number of rotatable bonds is 8. The fourth-order valence-corrected chi connectivity index (χ4v) is 4.55. The van der Waals surface area contributed by atoms with Crippen molar-refractivity contribution in [3.63, 3.8) is 0 Å². The highest BCUT2D eigenvalue weighted by atomic mass is 16.1. The third-order valence-corrected chi connectivity index (χ3v) is 6.17. The molecule has 1 aliphatic rings. The van der Waals surface area contributed by atoms with Gasteiger partial charge in [0, 0.05) is 12.1 Å². The second-order valence-corrected chi connectivity index (χ2v) is 8.13. The Morgan fingerprint density at radius 2 is 1.97 bits per heavy atom. The number of nitrogens with one attached hydrogen (secondary N) is 1. The van der Waals surface area contributed by atoms with Gasteiger partial charge in [0.25, 0.3) is 0 Å². The van der Waals surface area contributed by atoms with Crippen LogP contribution in [0.5, 0.6) is 0 Å². The topological polar surface area (TPSA) is 70.7 Å². The van der Waals surface area contributed by atoms with Crippen LogP contribution in [0, 0.1) is 31.1 Å². The molecule has 154 valence electrons. The average molecular weight is 393 g/mol. The third kappa shape index (κ3) is 5.47. The van der Waals surface area contributed by atoms with E-state index in [0.717, 1.165) is 17.0 Å². The van der Waals surface area contributed by atoms with Gasteiger partial charge in [-0.15, -0.1) is 0 Å². The Morgan fingerprint density at radius 3 is 2.66 bits per heavy atom. The Hall–Kier alpha value is -2.61. The largest absolute Gasteiger partial charge is 0.349 e. The second kappa shape index (κ2) is 10.2. The van der Waals surface area contributed by atoms with Crippen molar-refractivity contribution < 1.29 is 4.79 Å². The molecule has 1 saturated carbocycles. The van der Waals surface area contributed by atoms with Gasteiger partial charge in [0.15, 0.2) is 0 Å². The van der Waals surface area contributed by atoms with Gasteiger partial charge in [-0.25, -0.2) is 0 Å². The summed E-state index contributed by atoms with van der Waals surface area (Å²) >= 11 is 0. The Kier molecular flexibility index (Phi) is 7.46. The van der Waals surface area contributed by atoms with Crippen LogP contribution in [0.4, 0.5) is 0 Å². The van der Waals surface area contributed by atoms with Crippen LogP contribution >= 0.6 is 0 Å². The number of benzene rings is 1. The summed E-state index contributed by atoms with van der Waals surface area (Å²) in [7, 11) is 0. The number of amides is 1. The van der Waals surface area contributed by atoms with Crippen molar-refractivity contribution in [2.75, 3.05) is 0 Å². The fourth-order valence-electron chi connectivity index (χ4n) is 4.55. The highest BCUT2D eigenvalue weighted by molar-refractivity contribution is 5.76. The monoisotopic (exact) mass is 392 g/mol. The molecule has 0 aliphatic heterocycles. The van der Waals surface area contributed by atoms with Gasteiger partial charge < -0.3 is 5.32 Å². The summed E-state index contributed by atoms with van der Waals surface area (Å²) in [5.74, 6) is 0.625. The molecular weight excluding hydrogens is 360 g/mol. The Balaban J connectivity index is 1.65. The highest BCUT2D eigenvalue weighted by Gasteiger charge is 2.26. The predicted octanol–water partition coefficient (Wildman–Crippen LogP) is 4.78. The molecule has 0 bridgehead atoms. The zero-order valence-corrected chi connectivity index (χ0v) is 17.7. The first-order valence-electron chi connectivity index (χ1n) is 10.8. The van der Waals surface area contributed by atoms with E-state index in [1.165, 1.54) is 37.7 Å². The van der Waals surface area contributed by atoms with E-state index < -0.39 is 0 Å². The molecular formula is C24H32N4O. The fraction of sp³-hybridized carbons (Fsp3) is 0.542. The van der Waals surface area contributed by atoms with Crippen LogP contribution in [0.1, 0.15) is 73.5 Å². The minimum Gasteiger partial charge on any atom is -0.349 e. The molecule has 1 atom stereocenters. The van der Waals surface area contributed by atoms with Crippen LogP contribution in [0.3, 0.4) is 0 Å². The Labute approximate surface area is 174 Å². The maximum absolute atomic E-state index is 12.9. The minimum absolute atomic E-state index is 0.101. The van der Waals surface area contributed by atoms with Crippen LogP contribution in [0.25, 0.3) is 0 Å². The quantitative estimate of drug-likeness (QED) is 0.702. The zero-order chi connectivity index (χ0) is 20.6. The van der Waals surface area contributed by atoms with E-state index in [0.29, 0.717) is 31.7 Å². The van der Waals surface area contributed by atoms with E-state index >= 15 is 0 Å². The minimum atomic E-state index is 0.101. The summed E-state index contributed by atoms with van der Waals surface area (Å²) in [6.07, 6.45) is 7.77. The molecule has 0 saturated heterocycles. The summed E-state index contributed by atoms with van der Waals surface area (Å²) in [6.45, 7) is 4.62. The van der Waals surface area contributed by atoms with Crippen LogP contribution in [0.15, 0.2) is 30.3 Å². The maximum Gasteiger partial charge on any atom is 0.220 e. The number of nitriles is 1. The first-order chi connectivity index (χ1) is 14.1. The van der Waals surface area contributed by atoms with E-state index in [1.807, 2.05) is 24.6 Å². The molecule has 29 heavy (non-hydrogen) atoms. The van der Waals surface area contributed by atoms with Crippen LogP contribution in [-0.4, -0.2) is 15.7 Å². The van der Waals surface area contributed by atoms with Crippen molar-refractivity contribution in [3.8, 4) is 6.07 Å². The van der Waals surface area contributed by atoms with Crippen LogP contribution in [-0.2, 0) is 17.8 Å². The van der Waals surface area contributed by atoms with Crippen molar-refractivity contribution >= 4 is 5.91 Å². The molecule has 3 rings (SSSR count). The molecule has 1 N–H and O–H groups in total. The summed E-state index contributed by atoms with van der Waals surface area (Å²) in [5, 5.41) is 16.7. The van der Waals surface area contributed by atoms with Gasteiger partial charge in [0.1, 0.15) is 0 Å². The van der Waals surface area contributed by atoms with Gasteiger partial charge in [0.05, 0.1) is 30.8 Å². The molecule has 0 spiro atoms. The third-order valence-electron chi connectivity index (χ3n) is 6.17. The highest BCUT2D eigenvalue weighted by Crippen LogP contribution is 2.34. The molecule has 1 aromatic carbocycles. The first-order valence-corrected chi connectivity index (χ1v) is 10.8. The number of carbonyl (C=O) groups excluding carboxylic acids is 1.